The SMILES string of the molecule is CC(=O)[C@]1(O)[C@@](O)(C(C)=O)CS[C@H](Oc2ccc(-c3cccnc3F)nc2Cl)[C@@]1(O)C(C)=O. The van der Waals surface area contributed by atoms with Crippen molar-refractivity contribution in [2.75, 3.05) is 5.75 Å². The van der Waals surface area contributed by atoms with Gasteiger partial charge in [0.2, 0.25) is 11.5 Å². The van der Waals surface area contributed by atoms with E-state index in [-0.39, 0.29) is 22.2 Å². The first kappa shape index (κ1) is 25.2. The van der Waals surface area contributed by atoms with Crippen LogP contribution in [0.4, 0.5) is 4.39 Å². The molecule has 0 amide bonds. The van der Waals surface area contributed by atoms with Crippen molar-refractivity contribution in [3.8, 4) is 17.0 Å². The molecule has 0 aliphatic carbocycles. The number of nitrogens with zero attached hydrogens (tertiary/aromatic N) is 2. The molecule has 3 heterocycles. The number of rotatable bonds is 6. The predicted molar refractivity (Wildman–Crippen MR) is 116 cm³/mol. The van der Waals surface area contributed by atoms with Gasteiger partial charge in [-0.1, -0.05) is 11.6 Å². The van der Waals surface area contributed by atoms with Crippen molar-refractivity contribution in [1.29, 1.82) is 0 Å². The van der Waals surface area contributed by atoms with Gasteiger partial charge in [0.15, 0.2) is 44.9 Å². The van der Waals surface area contributed by atoms with Crippen LogP contribution in [0, 0.1) is 5.95 Å². The van der Waals surface area contributed by atoms with E-state index in [1.165, 1.54) is 30.5 Å². The number of pyridine rings is 2. The topological polar surface area (TPSA) is 147 Å². The summed E-state index contributed by atoms with van der Waals surface area (Å²) in [6, 6.07) is 5.58. The number of aliphatic hydroxyl groups is 3. The second kappa shape index (κ2) is 8.73. The molecule has 0 bridgehead atoms. The van der Waals surface area contributed by atoms with E-state index >= 15 is 0 Å². The Morgan fingerprint density at radius 2 is 1.79 bits per heavy atom. The lowest BCUT2D eigenvalue weighted by Gasteiger charge is -2.54. The van der Waals surface area contributed by atoms with Crippen molar-refractivity contribution >= 4 is 40.7 Å². The van der Waals surface area contributed by atoms with Gasteiger partial charge in [0.1, 0.15) is 0 Å². The molecule has 1 aliphatic rings. The summed E-state index contributed by atoms with van der Waals surface area (Å²) in [5.74, 6) is -4.87. The van der Waals surface area contributed by atoms with E-state index in [4.69, 9.17) is 16.3 Å². The Hall–Kier alpha value is -2.44. The maximum absolute atomic E-state index is 14.0. The molecular formula is C21H20ClFN2O7S. The molecule has 0 unspecified atom stereocenters. The Morgan fingerprint density at radius 3 is 2.30 bits per heavy atom. The molecule has 33 heavy (non-hydrogen) atoms. The van der Waals surface area contributed by atoms with Crippen molar-refractivity contribution in [3.63, 3.8) is 0 Å². The van der Waals surface area contributed by atoms with Crippen molar-refractivity contribution in [3.05, 3.63) is 41.6 Å². The summed E-state index contributed by atoms with van der Waals surface area (Å²) in [5, 5.41) is 33.1. The van der Waals surface area contributed by atoms with Gasteiger partial charge in [0, 0.05) is 11.9 Å². The molecule has 12 heteroatoms. The quantitative estimate of drug-likeness (QED) is 0.498. The zero-order valence-corrected chi connectivity index (χ0v) is 19.3. The summed E-state index contributed by atoms with van der Waals surface area (Å²) in [6.45, 7) is 2.64. The highest BCUT2D eigenvalue weighted by Gasteiger charge is 2.75. The van der Waals surface area contributed by atoms with Crippen LogP contribution in [0.1, 0.15) is 20.8 Å². The zero-order valence-electron chi connectivity index (χ0n) is 17.7. The summed E-state index contributed by atoms with van der Waals surface area (Å²) in [4.78, 5) is 44.7. The van der Waals surface area contributed by atoms with Gasteiger partial charge >= 0.3 is 0 Å². The molecule has 0 spiro atoms. The monoisotopic (exact) mass is 498 g/mol. The Kier molecular flexibility index (Phi) is 6.66. The Balaban J connectivity index is 2.05. The largest absolute Gasteiger partial charge is 0.473 e. The molecule has 3 rings (SSSR count). The molecule has 4 atom stereocenters. The lowest BCUT2D eigenvalue weighted by atomic mass is 9.65. The Labute approximate surface area is 197 Å². The lowest BCUT2D eigenvalue weighted by molar-refractivity contribution is -0.236. The molecule has 2 aromatic rings. The molecule has 2 aromatic heterocycles. The van der Waals surface area contributed by atoms with E-state index in [0.29, 0.717) is 11.8 Å². The fourth-order valence-electron chi connectivity index (χ4n) is 3.71. The van der Waals surface area contributed by atoms with Crippen molar-refractivity contribution in [2.45, 2.75) is 43.0 Å². The van der Waals surface area contributed by atoms with Crippen LogP contribution in [0.2, 0.25) is 5.15 Å². The number of hydrogen-bond acceptors (Lipinski definition) is 10. The van der Waals surface area contributed by atoms with Crippen molar-refractivity contribution in [2.24, 2.45) is 0 Å². The first-order valence-corrected chi connectivity index (χ1v) is 11.0. The van der Waals surface area contributed by atoms with Crippen molar-refractivity contribution < 1.29 is 38.8 Å². The highest BCUT2D eigenvalue weighted by Crippen LogP contribution is 2.49. The molecule has 0 aromatic carbocycles. The number of Topliss-reactive ketones (excluding diaryl/α,β-unsaturated/α-hetero) is 3. The van der Waals surface area contributed by atoms with Crippen LogP contribution in [-0.4, -0.2) is 70.6 Å². The zero-order chi connectivity index (χ0) is 24.8. The molecule has 176 valence electrons. The number of aromatic nitrogens is 2. The van der Waals surface area contributed by atoms with E-state index in [2.05, 4.69) is 9.97 Å². The first-order valence-electron chi connectivity index (χ1n) is 9.56. The first-order chi connectivity index (χ1) is 15.3. The molecule has 0 saturated carbocycles. The van der Waals surface area contributed by atoms with E-state index in [1.54, 1.807) is 0 Å². The lowest BCUT2D eigenvalue weighted by Crippen LogP contribution is -2.82. The normalized spacial score (nSPS) is 29.4. The molecule has 1 fully saturated rings. The highest BCUT2D eigenvalue weighted by molar-refractivity contribution is 8.00. The molecule has 9 nitrogen and oxygen atoms in total. The minimum Gasteiger partial charge on any atom is -0.473 e. The van der Waals surface area contributed by atoms with Gasteiger partial charge in [-0.25, -0.2) is 9.97 Å². The third kappa shape index (κ3) is 3.73. The van der Waals surface area contributed by atoms with Crippen molar-refractivity contribution in [1.82, 2.24) is 9.97 Å². The number of ketones is 3. The van der Waals surface area contributed by atoms with Crippen LogP contribution < -0.4 is 4.74 Å². The fourth-order valence-corrected chi connectivity index (χ4v) is 5.47. The van der Waals surface area contributed by atoms with Gasteiger partial charge in [-0.05, 0) is 45.0 Å². The second-order valence-electron chi connectivity index (χ2n) is 7.59. The summed E-state index contributed by atoms with van der Waals surface area (Å²) < 4.78 is 19.6. The Morgan fingerprint density at radius 1 is 1.12 bits per heavy atom. The molecule has 1 aliphatic heterocycles. The summed E-state index contributed by atoms with van der Waals surface area (Å²) in [5.41, 5.74) is -10.5. The number of halogens is 2. The summed E-state index contributed by atoms with van der Waals surface area (Å²) >= 11 is 6.80. The maximum atomic E-state index is 14.0. The number of carbonyl (C=O) groups excluding carboxylic acids is 3. The van der Waals surface area contributed by atoms with E-state index < -0.39 is 51.3 Å². The van der Waals surface area contributed by atoms with E-state index in [0.717, 1.165) is 20.8 Å². The summed E-state index contributed by atoms with van der Waals surface area (Å²) in [6.07, 6.45) is 1.26. The smallest absolute Gasteiger partial charge is 0.222 e. The summed E-state index contributed by atoms with van der Waals surface area (Å²) in [7, 11) is 0. The minimum atomic E-state index is -3.20. The van der Waals surface area contributed by atoms with Crippen LogP contribution in [-0.2, 0) is 14.4 Å². The average molecular weight is 499 g/mol. The van der Waals surface area contributed by atoms with Crippen LogP contribution in [0.5, 0.6) is 5.75 Å². The molecule has 3 N–H and O–H groups in total. The molecule has 1 saturated heterocycles. The van der Waals surface area contributed by atoms with Gasteiger partial charge in [-0.3, -0.25) is 14.4 Å². The maximum Gasteiger partial charge on any atom is 0.222 e. The van der Waals surface area contributed by atoms with E-state index in [1.807, 2.05) is 0 Å². The van der Waals surface area contributed by atoms with Gasteiger partial charge in [-0.15, -0.1) is 11.8 Å². The number of ether oxygens (including phenoxy) is 1. The van der Waals surface area contributed by atoms with Crippen LogP contribution in [0.3, 0.4) is 0 Å². The minimum absolute atomic E-state index is 0.0655. The van der Waals surface area contributed by atoms with Gasteiger partial charge in [0.05, 0.1) is 11.3 Å². The predicted octanol–water partition coefficient (Wildman–Crippen LogP) is 1.35. The van der Waals surface area contributed by atoms with E-state index in [9.17, 15) is 34.1 Å². The number of carbonyl (C=O) groups is 3. The standard InChI is InChI=1S/C21H20ClFN2O7S/c1-10(26)19(29)9-33-18(20(30,11(2)27)21(19,31)12(3)28)32-15-7-6-14(25-16(15)22)13-5-4-8-24-17(13)23/h4-8,18,29-31H,9H2,1-3H3/t18-,19-,20-,21-/m0/s1. The third-order valence-electron chi connectivity index (χ3n) is 5.65. The van der Waals surface area contributed by atoms with Crippen LogP contribution >= 0.6 is 23.4 Å². The molecule has 0 radical (unpaired) electrons. The fraction of sp³-hybridized carbons (Fsp3) is 0.381. The average Bonchev–Trinajstić information content (AvgIpc) is 2.75. The highest BCUT2D eigenvalue weighted by atomic mass is 35.5. The van der Waals surface area contributed by atoms with Gasteiger partial charge in [-0.2, -0.15) is 4.39 Å². The van der Waals surface area contributed by atoms with Crippen LogP contribution in [0.15, 0.2) is 30.5 Å². The number of thioether (sulfide) groups is 1. The third-order valence-corrected chi connectivity index (χ3v) is 7.24. The Bertz CT molecular complexity index is 1150. The molecular weight excluding hydrogens is 479 g/mol. The van der Waals surface area contributed by atoms with Crippen LogP contribution in [0.25, 0.3) is 11.3 Å². The second-order valence-corrected chi connectivity index (χ2v) is 9.00. The van der Waals surface area contributed by atoms with Gasteiger partial charge < -0.3 is 20.1 Å². The number of hydrogen-bond donors (Lipinski definition) is 3. The van der Waals surface area contributed by atoms with Gasteiger partial charge in [0.25, 0.3) is 0 Å².